The highest BCUT2D eigenvalue weighted by Crippen LogP contribution is 2.20. The van der Waals surface area contributed by atoms with E-state index in [0.717, 1.165) is 17.4 Å². The summed E-state index contributed by atoms with van der Waals surface area (Å²) in [5, 5.41) is 10.2. The van der Waals surface area contributed by atoms with E-state index in [-0.39, 0.29) is 4.21 Å². The molecule has 104 valence electrons. The van der Waals surface area contributed by atoms with Gasteiger partial charge in [-0.15, -0.1) is 11.3 Å². The first-order valence-corrected chi connectivity index (χ1v) is 7.91. The average molecular weight is 309 g/mol. The van der Waals surface area contributed by atoms with Crippen LogP contribution in [0.25, 0.3) is 6.08 Å². The van der Waals surface area contributed by atoms with Gasteiger partial charge in [0.15, 0.2) is 0 Å². The lowest BCUT2D eigenvalue weighted by Gasteiger charge is -2.06. The molecule has 0 aliphatic heterocycles. The first-order valence-electron chi connectivity index (χ1n) is 5.55. The summed E-state index contributed by atoms with van der Waals surface area (Å²) in [4.78, 5) is 10.4. The fourth-order valence-corrected chi connectivity index (χ4v) is 3.50. The Morgan fingerprint density at radius 1 is 1.20 bits per heavy atom. The van der Waals surface area contributed by atoms with Crippen molar-refractivity contribution in [3.63, 3.8) is 0 Å². The Bertz CT molecular complexity index is 716. The maximum Gasteiger partial charge on any atom is 0.328 e. The van der Waals surface area contributed by atoms with Crippen molar-refractivity contribution in [3.05, 3.63) is 53.4 Å². The number of carboxylic acid groups (broad SMARTS) is 1. The van der Waals surface area contributed by atoms with E-state index in [9.17, 15) is 13.2 Å². The topological polar surface area (TPSA) is 83.5 Å². The third kappa shape index (κ3) is 3.69. The number of carbonyl (C=O) groups is 1. The van der Waals surface area contributed by atoms with Crippen LogP contribution >= 0.6 is 11.3 Å². The summed E-state index contributed by atoms with van der Waals surface area (Å²) in [7, 11) is -3.55. The maximum absolute atomic E-state index is 12.0. The van der Waals surface area contributed by atoms with Crippen molar-refractivity contribution in [1.82, 2.24) is 0 Å². The fraction of sp³-hybridized carbons (Fsp3) is 0. The molecule has 0 saturated heterocycles. The van der Waals surface area contributed by atoms with Gasteiger partial charge in [-0.25, -0.2) is 13.2 Å². The zero-order chi connectivity index (χ0) is 14.6. The molecule has 0 saturated carbocycles. The fourth-order valence-electron chi connectivity index (χ4n) is 1.45. The van der Waals surface area contributed by atoms with Gasteiger partial charge in [0.25, 0.3) is 10.0 Å². The molecular weight excluding hydrogens is 298 g/mol. The molecule has 0 atom stereocenters. The Morgan fingerprint density at radius 3 is 2.45 bits per heavy atom. The Labute approximate surface area is 120 Å². The van der Waals surface area contributed by atoms with Gasteiger partial charge in [-0.3, -0.25) is 4.72 Å². The van der Waals surface area contributed by atoms with Gasteiger partial charge in [-0.2, -0.15) is 0 Å². The van der Waals surface area contributed by atoms with Crippen LogP contribution in [0.2, 0.25) is 0 Å². The van der Waals surface area contributed by atoms with Crippen molar-refractivity contribution in [2.75, 3.05) is 4.72 Å². The first kappa shape index (κ1) is 14.3. The summed E-state index contributed by atoms with van der Waals surface area (Å²) < 4.78 is 26.6. The molecule has 0 spiro atoms. The Morgan fingerprint density at radius 2 is 1.90 bits per heavy atom. The van der Waals surface area contributed by atoms with Crippen LogP contribution in [0, 0.1) is 0 Å². The minimum absolute atomic E-state index is 0.243. The quantitative estimate of drug-likeness (QED) is 0.832. The smallest absolute Gasteiger partial charge is 0.328 e. The monoisotopic (exact) mass is 309 g/mol. The SMILES string of the molecule is O=C(O)/C=C/c1ccc(NS(=O)(=O)c2cccs2)cc1. The predicted octanol–water partition coefficient (Wildman–Crippen LogP) is 2.65. The summed E-state index contributed by atoms with van der Waals surface area (Å²) in [6.45, 7) is 0. The number of sulfonamides is 1. The molecule has 0 unspecified atom stereocenters. The molecular formula is C13H11NO4S2. The van der Waals surface area contributed by atoms with Gasteiger partial charge in [0, 0.05) is 11.8 Å². The van der Waals surface area contributed by atoms with Crippen LogP contribution < -0.4 is 4.72 Å². The summed E-state index contributed by atoms with van der Waals surface area (Å²) in [6, 6.07) is 9.60. The second-order valence-corrected chi connectivity index (χ2v) is 6.69. The lowest BCUT2D eigenvalue weighted by Crippen LogP contribution is -2.11. The van der Waals surface area contributed by atoms with Crippen molar-refractivity contribution >= 4 is 39.1 Å². The second kappa shape index (κ2) is 5.89. The number of hydrogen-bond donors (Lipinski definition) is 2. The van der Waals surface area contributed by atoms with Crippen LogP contribution in [0.5, 0.6) is 0 Å². The molecule has 0 fully saturated rings. The van der Waals surface area contributed by atoms with Crippen molar-refractivity contribution < 1.29 is 18.3 Å². The van der Waals surface area contributed by atoms with Gasteiger partial charge in [-0.1, -0.05) is 18.2 Å². The number of benzene rings is 1. The Kier molecular flexibility index (Phi) is 4.21. The highest BCUT2D eigenvalue weighted by atomic mass is 32.2. The average Bonchev–Trinajstić information content (AvgIpc) is 2.92. The van der Waals surface area contributed by atoms with E-state index in [1.165, 1.54) is 12.1 Å². The van der Waals surface area contributed by atoms with E-state index in [1.54, 1.807) is 35.7 Å². The van der Waals surface area contributed by atoms with Crippen LogP contribution in [-0.4, -0.2) is 19.5 Å². The van der Waals surface area contributed by atoms with Crippen LogP contribution in [-0.2, 0) is 14.8 Å². The minimum atomic E-state index is -3.55. The van der Waals surface area contributed by atoms with Crippen molar-refractivity contribution in [2.24, 2.45) is 0 Å². The van der Waals surface area contributed by atoms with Crippen molar-refractivity contribution in [1.29, 1.82) is 0 Å². The number of rotatable bonds is 5. The normalized spacial score (nSPS) is 11.6. The maximum atomic E-state index is 12.0. The number of carboxylic acids is 1. The van der Waals surface area contributed by atoms with Crippen LogP contribution in [0.4, 0.5) is 5.69 Å². The standard InChI is InChI=1S/C13H11NO4S2/c15-12(16)8-5-10-3-6-11(7-4-10)14-20(17,18)13-2-1-9-19-13/h1-9,14H,(H,15,16)/b8-5+. The Balaban J connectivity index is 2.14. The molecule has 2 aromatic rings. The molecule has 0 bridgehead atoms. The van der Waals surface area contributed by atoms with Gasteiger partial charge in [-0.05, 0) is 35.2 Å². The van der Waals surface area contributed by atoms with E-state index in [4.69, 9.17) is 5.11 Å². The summed E-state index contributed by atoms with van der Waals surface area (Å²) in [5.74, 6) is -1.03. The van der Waals surface area contributed by atoms with Gasteiger partial charge in [0.05, 0.1) is 0 Å². The Hall–Kier alpha value is -2.12. The number of hydrogen-bond acceptors (Lipinski definition) is 4. The number of nitrogens with one attached hydrogen (secondary N) is 1. The van der Waals surface area contributed by atoms with E-state index < -0.39 is 16.0 Å². The molecule has 2 N–H and O–H groups in total. The summed E-state index contributed by atoms with van der Waals surface area (Å²) in [6.07, 6.45) is 2.45. The van der Waals surface area contributed by atoms with Gasteiger partial charge in [0.1, 0.15) is 4.21 Å². The van der Waals surface area contributed by atoms with Gasteiger partial charge in [0.2, 0.25) is 0 Å². The lowest BCUT2D eigenvalue weighted by molar-refractivity contribution is -0.131. The van der Waals surface area contributed by atoms with Gasteiger partial charge < -0.3 is 5.11 Å². The number of aliphatic carboxylic acids is 1. The molecule has 1 heterocycles. The highest BCUT2D eigenvalue weighted by Gasteiger charge is 2.14. The van der Waals surface area contributed by atoms with Crippen LogP contribution in [0.1, 0.15) is 5.56 Å². The molecule has 0 radical (unpaired) electrons. The molecule has 1 aromatic carbocycles. The van der Waals surface area contributed by atoms with Gasteiger partial charge >= 0.3 is 5.97 Å². The largest absolute Gasteiger partial charge is 0.478 e. The molecule has 0 aliphatic rings. The molecule has 0 aliphatic carbocycles. The van der Waals surface area contributed by atoms with Crippen LogP contribution in [0.3, 0.4) is 0 Å². The molecule has 20 heavy (non-hydrogen) atoms. The molecule has 1 aromatic heterocycles. The molecule has 5 nitrogen and oxygen atoms in total. The summed E-state index contributed by atoms with van der Waals surface area (Å²) in [5.41, 5.74) is 1.09. The predicted molar refractivity (Wildman–Crippen MR) is 78.2 cm³/mol. The third-order valence-electron chi connectivity index (χ3n) is 2.34. The summed E-state index contributed by atoms with van der Waals surface area (Å²) >= 11 is 1.14. The number of anilines is 1. The van der Waals surface area contributed by atoms with E-state index in [0.29, 0.717) is 11.3 Å². The zero-order valence-corrected chi connectivity index (χ0v) is 11.8. The third-order valence-corrected chi connectivity index (χ3v) is 5.12. The molecule has 2 rings (SSSR count). The number of thiophene rings is 1. The molecule has 0 amide bonds. The van der Waals surface area contributed by atoms with E-state index in [2.05, 4.69) is 4.72 Å². The molecule has 7 heteroatoms. The highest BCUT2D eigenvalue weighted by molar-refractivity contribution is 7.94. The van der Waals surface area contributed by atoms with E-state index in [1.807, 2.05) is 0 Å². The first-order chi connectivity index (χ1) is 9.47. The van der Waals surface area contributed by atoms with Crippen LogP contribution in [0.15, 0.2) is 52.1 Å². The van der Waals surface area contributed by atoms with Crippen molar-refractivity contribution in [2.45, 2.75) is 4.21 Å². The minimum Gasteiger partial charge on any atom is -0.478 e. The van der Waals surface area contributed by atoms with Crippen molar-refractivity contribution in [3.8, 4) is 0 Å². The lowest BCUT2D eigenvalue weighted by atomic mass is 10.2. The van der Waals surface area contributed by atoms with E-state index >= 15 is 0 Å². The zero-order valence-electron chi connectivity index (χ0n) is 10.2. The second-order valence-electron chi connectivity index (χ2n) is 3.83.